The maximum Gasteiger partial charge on any atom is 0.0801 e. The van der Waals surface area contributed by atoms with Gasteiger partial charge in [0.15, 0.2) is 0 Å². The van der Waals surface area contributed by atoms with Crippen molar-refractivity contribution >= 4 is 11.3 Å². The molecule has 23 heavy (non-hydrogen) atoms. The second-order valence-corrected chi connectivity index (χ2v) is 8.40. The van der Waals surface area contributed by atoms with Crippen LogP contribution in [0.15, 0.2) is 18.3 Å². The molecular formula is C18H25N3OS. The normalized spacial score (nSPS) is 21.6. The monoisotopic (exact) mass is 331 g/mol. The third-order valence-electron chi connectivity index (χ3n) is 4.85. The average molecular weight is 331 g/mol. The van der Waals surface area contributed by atoms with Gasteiger partial charge >= 0.3 is 0 Å². The topological polar surface area (TPSA) is 30.3 Å². The van der Waals surface area contributed by atoms with E-state index in [2.05, 4.69) is 34.8 Å². The molecule has 4 nitrogen and oxygen atoms in total. The average Bonchev–Trinajstić information content (AvgIpc) is 3.08. The van der Waals surface area contributed by atoms with E-state index in [1.165, 1.54) is 33.9 Å². The predicted octanol–water partition coefficient (Wildman–Crippen LogP) is 3.41. The van der Waals surface area contributed by atoms with E-state index in [-0.39, 0.29) is 0 Å². The molecule has 2 aliphatic rings. The Morgan fingerprint density at radius 1 is 1.35 bits per heavy atom. The van der Waals surface area contributed by atoms with Gasteiger partial charge in [0.25, 0.3) is 0 Å². The molecule has 1 fully saturated rings. The fourth-order valence-electron chi connectivity index (χ4n) is 3.54. The molecule has 1 saturated carbocycles. The SMILES string of the molecule is COC[C@H]1CN(Cc2ccc(C)s2)Cc2nn(CC3CC3)cc21. The second kappa shape index (κ2) is 6.38. The molecule has 1 atom stereocenters. The third-order valence-corrected chi connectivity index (χ3v) is 5.83. The van der Waals surface area contributed by atoms with E-state index in [1.54, 1.807) is 7.11 Å². The Morgan fingerprint density at radius 3 is 2.91 bits per heavy atom. The van der Waals surface area contributed by atoms with Crippen LogP contribution in [-0.2, 0) is 24.4 Å². The molecule has 0 bridgehead atoms. The van der Waals surface area contributed by atoms with Crippen LogP contribution in [0.5, 0.6) is 0 Å². The Bertz CT molecular complexity index is 674. The van der Waals surface area contributed by atoms with Crippen molar-refractivity contribution < 1.29 is 4.74 Å². The first-order valence-electron chi connectivity index (χ1n) is 8.54. The van der Waals surface area contributed by atoms with Crippen molar-refractivity contribution in [3.8, 4) is 0 Å². The highest BCUT2D eigenvalue weighted by Crippen LogP contribution is 2.33. The van der Waals surface area contributed by atoms with E-state index in [9.17, 15) is 0 Å². The van der Waals surface area contributed by atoms with Crippen molar-refractivity contribution in [2.75, 3.05) is 20.3 Å². The first-order valence-corrected chi connectivity index (χ1v) is 9.35. The molecule has 124 valence electrons. The number of fused-ring (bicyclic) bond motifs is 1. The zero-order chi connectivity index (χ0) is 15.8. The zero-order valence-corrected chi connectivity index (χ0v) is 14.8. The largest absolute Gasteiger partial charge is 0.384 e. The Morgan fingerprint density at radius 2 is 2.22 bits per heavy atom. The van der Waals surface area contributed by atoms with E-state index in [0.717, 1.165) is 38.7 Å². The van der Waals surface area contributed by atoms with E-state index in [4.69, 9.17) is 9.84 Å². The van der Waals surface area contributed by atoms with Crippen molar-refractivity contribution in [1.29, 1.82) is 0 Å². The van der Waals surface area contributed by atoms with Crippen molar-refractivity contribution in [3.05, 3.63) is 39.3 Å². The molecule has 0 N–H and O–H groups in total. The summed E-state index contributed by atoms with van der Waals surface area (Å²) < 4.78 is 7.67. The number of rotatable bonds is 6. The van der Waals surface area contributed by atoms with E-state index in [0.29, 0.717) is 5.92 Å². The summed E-state index contributed by atoms with van der Waals surface area (Å²) in [4.78, 5) is 5.35. The van der Waals surface area contributed by atoms with Crippen LogP contribution in [-0.4, -0.2) is 34.9 Å². The number of nitrogens with zero attached hydrogens (tertiary/aromatic N) is 3. The number of thiophene rings is 1. The molecule has 1 aliphatic heterocycles. The van der Waals surface area contributed by atoms with Gasteiger partial charge in [-0.2, -0.15) is 5.10 Å². The van der Waals surface area contributed by atoms with Crippen LogP contribution < -0.4 is 0 Å². The van der Waals surface area contributed by atoms with E-state index in [1.807, 2.05) is 11.3 Å². The van der Waals surface area contributed by atoms with Gasteiger partial charge in [-0.05, 0) is 37.8 Å². The number of methoxy groups -OCH3 is 1. The molecule has 4 rings (SSSR count). The molecule has 0 saturated heterocycles. The summed E-state index contributed by atoms with van der Waals surface area (Å²) in [7, 11) is 1.80. The number of hydrogen-bond acceptors (Lipinski definition) is 4. The third kappa shape index (κ3) is 3.52. The minimum Gasteiger partial charge on any atom is -0.384 e. The van der Waals surface area contributed by atoms with Crippen molar-refractivity contribution in [2.45, 2.75) is 45.3 Å². The number of ether oxygens (including phenoxy) is 1. The first-order chi connectivity index (χ1) is 11.2. The standard InChI is InChI=1S/C18H25N3OS/c1-13-3-6-16(23-13)9-20-8-15(12-22-2)17-10-21(7-14-4-5-14)19-18(17)11-20/h3,6,10,14-15H,4-5,7-9,11-12H2,1-2H3/t15-/m1/s1. The molecule has 0 spiro atoms. The summed E-state index contributed by atoms with van der Waals surface area (Å²) >= 11 is 1.90. The van der Waals surface area contributed by atoms with Crippen LogP contribution in [0.25, 0.3) is 0 Å². The van der Waals surface area contributed by atoms with Crippen LogP contribution in [0, 0.1) is 12.8 Å². The predicted molar refractivity (Wildman–Crippen MR) is 92.7 cm³/mol. The van der Waals surface area contributed by atoms with Crippen LogP contribution in [0.3, 0.4) is 0 Å². The summed E-state index contributed by atoms with van der Waals surface area (Å²) in [5.74, 6) is 1.31. The Labute approximate surface area is 142 Å². The van der Waals surface area contributed by atoms with Gasteiger partial charge in [-0.25, -0.2) is 0 Å². The maximum atomic E-state index is 5.48. The summed E-state index contributed by atoms with van der Waals surface area (Å²) in [5, 5.41) is 4.88. The van der Waals surface area contributed by atoms with Crippen molar-refractivity contribution in [1.82, 2.24) is 14.7 Å². The fourth-order valence-corrected chi connectivity index (χ4v) is 4.47. The van der Waals surface area contributed by atoms with Crippen LogP contribution >= 0.6 is 11.3 Å². The molecule has 5 heteroatoms. The lowest BCUT2D eigenvalue weighted by molar-refractivity contribution is 0.136. The summed E-state index contributed by atoms with van der Waals surface area (Å²) in [6.07, 6.45) is 5.02. The minimum atomic E-state index is 0.442. The molecule has 3 heterocycles. The lowest BCUT2D eigenvalue weighted by Gasteiger charge is -2.31. The molecule has 2 aromatic heterocycles. The molecule has 0 unspecified atom stereocenters. The molecule has 0 radical (unpaired) electrons. The Hall–Kier alpha value is -1.17. The zero-order valence-electron chi connectivity index (χ0n) is 14.0. The van der Waals surface area contributed by atoms with Crippen LogP contribution in [0.1, 0.15) is 39.8 Å². The van der Waals surface area contributed by atoms with Gasteiger partial charge in [-0.15, -0.1) is 11.3 Å². The second-order valence-electron chi connectivity index (χ2n) is 7.03. The maximum absolute atomic E-state index is 5.48. The van der Waals surface area contributed by atoms with Gasteiger partial charge in [0.2, 0.25) is 0 Å². The summed E-state index contributed by atoms with van der Waals surface area (Å²) in [6.45, 7) is 7.10. The summed E-state index contributed by atoms with van der Waals surface area (Å²) in [5.41, 5.74) is 2.67. The summed E-state index contributed by atoms with van der Waals surface area (Å²) in [6, 6.07) is 4.47. The Kier molecular flexibility index (Phi) is 4.26. The smallest absolute Gasteiger partial charge is 0.0801 e. The highest BCUT2D eigenvalue weighted by molar-refractivity contribution is 7.11. The Balaban J connectivity index is 1.52. The van der Waals surface area contributed by atoms with Crippen LogP contribution in [0.2, 0.25) is 0 Å². The fraction of sp³-hybridized carbons (Fsp3) is 0.611. The van der Waals surface area contributed by atoms with Gasteiger partial charge in [0, 0.05) is 60.7 Å². The lowest BCUT2D eigenvalue weighted by Crippen LogP contribution is -2.34. The molecule has 0 amide bonds. The van der Waals surface area contributed by atoms with Crippen molar-refractivity contribution in [2.24, 2.45) is 5.92 Å². The highest BCUT2D eigenvalue weighted by Gasteiger charge is 2.30. The van der Waals surface area contributed by atoms with E-state index < -0.39 is 0 Å². The van der Waals surface area contributed by atoms with Gasteiger partial charge in [0.1, 0.15) is 0 Å². The minimum absolute atomic E-state index is 0.442. The number of hydrogen-bond donors (Lipinski definition) is 0. The molecular weight excluding hydrogens is 306 g/mol. The van der Waals surface area contributed by atoms with Gasteiger partial charge < -0.3 is 4.74 Å². The molecule has 0 aromatic carbocycles. The van der Waals surface area contributed by atoms with Crippen molar-refractivity contribution in [3.63, 3.8) is 0 Å². The van der Waals surface area contributed by atoms with Crippen LogP contribution in [0.4, 0.5) is 0 Å². The van der Waals surface area contributed by atoms with E-state index >= 15 is 0 Å². The number of aromatic nitrogens is 2. The quantitative estimate of drug-likeness (QED) is 0.812. The highest BCUT2D eigenvalue weighted by atomic mass is 32.1. The van der Waals surface area contributed by atoms with Gasteiger partial charge in [-0.1, -0.05) is 0 Å². The number of aryl methyl sites for hydroxylation is 1. The van der Waals surface area contributed by atoms with Gasteiger partial charge in [-0.3, -0.25) is 9.58 Å². The molecule has 2 aromatic rings. The molecule has 1 aliphatic carbocycles. The lowest BCUT2D eigenvalue weighted by atomic mass is 9.95. The first kappa shape index (κ1) is 15.4. The van der Waals surface area contributed by atoms with Gasteiger partial charge in [0.05, 0.1) is 12.3 Å².